The molecule has 1 aliphatic heterocycles. The molecule has 2 aromatic heterocycles. The van der Waals surface area contributed by atoms with Gasteiger partial charge in [0.2, 0.25) is 5.91 Å². The number of aryl methyl sites for hydroxylation is 2. The predicted octanol–water partition coefficient (Wildman–Crippen LogP) is 1.20. The Labute approximate surface area is 127 Å². The maximum absolute atomic E-state index is 11.2. The van der Waals surface area contributed by atoms with E-state index < -0.39 is 0 Å². The lowest BCUT2D eigenvalue weighted by Gasteiger charge is -2.14. The third kappa shape index (κ3) is 2.58. The van der Waals surface area contributed by atoms with Gasteiger partial charge in [0.25, 0.3) is 0 Å². The van der Waals surface area contributed by atoms with E-state index >= 15 is 0 Å². The van der Waals surface area contributed by atoms with Crippen LogP contribution in [0.3, 0.4) is 0 Å². The van der Waals surface area contributed by atoms with Crippen LogP contribution in [0.5, 0.6) is 0 Å². The molecule has 0 spiro atoms. The summed E-state index contributed by atoms with van der Waals surface area (Å²) < 4.78 is 0. The molecule has 0 saturated carbocycles. The molecule has 1 unspecified atom stereocenters. The molecule has 1 fully saturated rings. The third-order valence-corrected chi connectivity index (χ3v) is 5.24. The van der Waals surface area contributed by atoms with Gasteiger partial charge in [-0.2, -0.15) is 0 Å². The molecule has 2 aromatic rings. The second-order valence-electron chi connectivity index (χ2n) is 5.61. The molecule has 1 atom stereocenters. The average Bonchev–Trinajstić information content (AvgIpc) is 2.96. The molecular weight excluding hydrogens is 286 g/mol. The highest BCUT2D eigenvalue weighted by molar-refractivity contribution is 7.18. The summed E-state index contributed by atoms with van der Waals surface area (Å²) in [5, 5.41) is 0.970. The van der Waals surface area contributed by atoms with Crippen LogP contribution in [0.4, 0.5) is 5.82 Å². The number of carbonyl (C=O) groups excluding carboxylic acids is 1. The molecule has 7 heteroatoms. The van der Waals surface area contributed by atoms with Crippen LogP contribution in [0.25, 0.3) is 10.2 Å². The minimum absolute atomic E-state index is 0.0581. The average molecular weight is 305 g/mol. The maximum atomic E-state index is 11.2. The first-order valence-corrected chi connectivity index (χ1v) is 7.81. The highest BCUT2D eigenvalue weighted by atomic mass is 32.1. The van der Waals surface area contributed by atoms with Gasteiger partial charge in [-0.1, -0.05) is 0 Å². The monoisotopic (exact) mass is 305 g/mol. The Balaban J connectivity index is 1.84. The number of aromatic nitrogens is 2. The van der Waals surface area contributed by atoms with Crippen LogP contribution in [0, 0.1) is 19.8 Å². The van der Waals surface area contributed by atoms with Crippen molar-refractivity contribution in [2.45, 2.75) is 26.8 Å². The lowest BCUT2D eigenvalue weighted by Crippen LogP contribution is -2.27. The molecule has 1 aliphatic rings. The molecule has 1 saturated heterocycles. The van der Waals surface area contributed by atoms with E-state index in [1.165, 1.54) is 4.88 Å². The number of likely N-dealkylation sites (tertiary alicyclic amines) is 1. The van der Waals surface area contributed by atoms with E-state index in [9.17, 15) is 4.79 Å². The second kappa shape index (κ2) is 5.23. The molecule has 4 N–H and O–H groups in total. The number of fused-ring (bicyclic) bond motifs is 1. The van der Waals surface area contributed by atoms with Gasteiger partial charge in [0.15, 0.2) is 0 Å². The zero-order chi connectivity index (χ0) is 15.1. The molecule has 3 rings (SSSR count). The van der Waals surface area contributed by atoms with Crippen molar-refractivity contribution >= 4 is 33.3 Å². The van der Waals surface area contributed by atoms with Crippen molar-refractivity contribution in [3.63, 3.8) is 0 Å². The van der Waals surface area contributed by atoms with Gasteiger partial charge in [0, 0.05) is 11.4 Å². The van der Waals surface area contributed by atoms with Crippen LogP contribution >= 0.6 is 11.3 Å². The first kappa shape index (κ1) is 14.2. The van der Waals surface area contributed by atoms with E-state index in [4.69, 9.17) is 11.5 Å². The minimum atomic E-state index is -0.224. The Bertz CT molecular complexity index is 711. The fourth-order valence-electron chi connectivity index (χ4n) is 2.81. The first-order chi connectivity index (χ1) is 9.95. The summed E-state index contributed by atoms with van der Waals surface area (Å²) >= 11 is 1.65. The largest absolute Gasteiger partial charge is 0.383 e. The SMILES string of the molecule is Cc1sc2nc(CN3CCC(C(N)=O)C3)nc(N)c2c1C. The number of amides is 1. The summed E-state index contributed by atoms with van der Waals surface area (Å²) in [5.74, 6) is 0.976. The van der Waals surface area contributed by atoms with Gasteiger partial charge < -0.3 is 11.5 Å². The Kier molecular flexibility index (Phi) is 3.54. The van der Waals surface area contributed by atoms with Crippen LogP contribution in [0.2, 0.25) is 0 Å². The first-order valence-electron chi connectivity index (χ1n) is 6.99. The molecule has 0 aliphatic carbocycles. The fraction of sp³-hybridized carbons (Fsp3) is 0.500. The van der Waals surface area contributed by atoms with E-state index in [0.29, 0.717) is 24.7 Å². The highest BCUT2D eigenvalue weighted by Gasteiger charge is 2.27. The van der Waals surface area contributed by atoms with Gasteiger partial charge in [0.1, 0.15) is 16.5 Å². The number of nitrogens with two attached hydrogens (primary N) is 2. The quantitative estimate of drug-likeness (QED) is 0.888. The number of rotatable bonds is 3. The van der Waals surface area contributed by atoms with E-state index in [2.05, 4.69) is 21.8 Å². The van der Waals surface area contributed by atoms with Crippen LogP contribution in [-0.2, 0) is 11.3 Å². The normalized spacial score (nSPS) is 19.4. The van der Waals surface area contributed by atoms with E-state index in [1.807, 2.05) is 6.92 Å². The van der Waals surface area contributed by atoms with Gasteiger partial charge in [-0.25, -0.2) is 9.97 Å². The van der Waals surface area contributed by atoms with E-state index in [1.54, 1.807) is 11.3 Å². The number of nitrogen functional groups attached to an aromatic ring is 1. The molecule has 0 aromatic carbocycles. The summed E-state index contributed by atoms with van der Waals surface area (Å²) in [7, 11) is 0. The number of nitrogens with zero attached hydrogens (tertiary/aromatic N) is 3. The Morgan fingerprint density at radius 3 is 2.86 bits per heavy atom. The standard InChI is InChI=1S/C14H19N5OS/c1-7-8(2)21-14-11(7)12(15)17-10(18-14)6-19-4-3-9(5-19)13(16)20/h9H,3-6H2,1-2H3,(H2,16,20)(H2,15,17,18). The number of anilines is 1. The van der Waals surface area contributed by atoms with Crippen molar-refractivity contribution in [2.75, 3.05) is 18.8 Å². The molecule has 3 heterocycles. The van der Waals surface area contributed by atoms with Crippen molar-refractivity contribution < 1.29 is 4.79 Å². The minimum Gasteiger partial charge on any atom is -0.383 e. The van der Waals surface area contributed by atoms with Crippen LogP contribution in [-0.4, -0.2) is 33.9 Å². The molecule has 21 heavy (non-hydrogen) atoms. The predicted molar refractivity (Wildman–Crippen MR) is 83.9 cm³/mol. The van der Waals surface area contributed by atoms with E-state index in [0.717, 1.165) is 28.7 Å². The molecule has 1 amide bonds. The summed E-state index contributed by atoms with van der Waals surface area (Å²) in [6.45, 7) is 6.25. The van der Waals surface area contributed by atoms with Crippen molar-refractivity contribution in [2.24, 2.45) is 11.7 Å². The van der Waals surface area contributed by atoms with Crippen LogP contribution < -0.4 is 11.5 Å². The zero-order valence-electron chi connectivity index (χ0n) is 12.2. The van der Waals surface area contributed by atoms with Crippen LogP contribution in [0.15, 0.2) is 0 Å². The number of thiophene rings is 1. The second-order valence-corrected chi connectivity index (χ2v) is 6.81. The lowest BCUT2D eigenvalue weighted by molar-refractivity contribution is -0.121. The Morgan fingerprint density at radius 1 is 1.43 bits per heavy atom. The maximum Gasteiger partial charge on any atom is 0.221 e. The van der Waals surface area contributed by atoms with E-state index in [-0.39, 0.29) is 11.8 Å². The number of hydrogen-bond acceptors (Lipinski definition) is 6. The molecule has 0 radical (unpaired) electrons. The summed E-state index contributed by atoms with van der Waals surface area (Å²) in [6.07, 6.45) is 0.810. The molecule has 6 nitrogen and oxygen atoms in total. The fourth-order valence-corrected chi connectivity index (χ4v) is 3.86. The van der Waals surface area contributed by atoms with Crippen molar-refractivity contribution in [1.29, 1.82) is 0 Å². The lowest BCUT2D eigenvalue weighted by atomic mass is 10.1. The Hall–Kier alpha value is -1.73. The number of primary amides is 1. The van der Waals surface area contributed by atoms with Crippen molar-refractivity contribution in [1.82, 2.24) is 14.9 Å². The zero-order valence-corrected chi connectivity index (χ0v) is 13.0. The third-order valence-electron chi connectivity index (χ3n) is 4.14. The van der Waals surface area contributed by atoms with Crippen molar-refractivity contribution in [3.05, 3.63) is 16.3 Å². The smallest absolute Gasteiger partial charge is 0.221 e. The number of carbonyl (C=O) groups is 1. The topological polar surface area (TPSA) is 98.1 Å². The summed E-state index contributed by atoms with van der Waals surface area (Å²) in [5.41, 5.74) is 12.6. The van der Waals surface area contributed by atoms with Gasteiger partial charge in [-0.05, 0) is 32.4 Å². The van der Waals surface area contributed by atoms with Crippen molar-refractivity contribution in [3.8, 4) is 0 Å². The van der Waals surface area contributed by atoms with Gasteiger partial charge in [-0.3, -0.25) is 9.69 Å². The summed E-state index contributed by atoms with van der Waals surface area (Å²) in [6, 6.07) is 0. The highest BCUT2D eigenvalue weighted by Crippen LogP contribution is 2.32. The Morgan fingerprint density at radius 2 is 2.19 bits per heavy atom. The van der Waals surface area contributed by atoms with Gasteiger partial charge in [0.05, 0.1) is 17.8 Å². The molecule has 112 valence electrons. The molecule has 0 bridgehead atoms. The summed E-state index contributed by atoms with van der Waals surface area (Å²) in [4.78, 5) is 24.6. The van der Waals surface area contributed by atoms with Gasteiger partial charge in [-0.15, -0.1) is 11.3 Å². The number of hydrogen-bond donors (Lipinski definition) is 2. The van der Waals surface area contributed by atoms with Gasteiger partial charge >= 0.3 is 0 Å². The van der Waals surface area contributed by atoms with Crippen LogP contribution in [0.1, 0.15) is 22.7 Å². The molecular formula is C14H19N5OS.